The Kier molecular flexibility index (Phi) is 5.55. The minimum absolute atomic E-state index is 0.148. The van der Waals surface area contributed by atoms with Crippen molar-refractivity contribution in [3.05, 3.63) is 70.9 Å². The Morgan fingerprint density at radius 2 is 1.82 bits per heavy atom. The number of carbonyl (C=O) groups is 1. The number of halogens is 1. The molecular formula is C19H18FN3O4S. The molecule has 0 unspecified atom stereocenters. The molecule has 7 nitrogen and oxygen atoms in total. The van der Waals surface area contributed by atoms with Gasteiger partial charge in [0.25, 0.3) is 0 Å². The number of carbonyl (C=O) groups excluding carboxylic acids is 1. The van der Waals surface area contributed by atoms with Crippen molar-refractivity contribution in [1.29, 1.82) is 0 Å². The molecule has 9 heteroatoms. The van der Waals surface area contributed by atoms with Crippen molar-refractivity contribution in [3.8, 4) is 0 Å². The minimum Gasteiger partial charge on any atom is -0.407 e. The van der Waals surface area contributed by atoms with Crippen molar-refractivity contribution < 1.29 is 22.0 Å². The average molecular weight is 403 g/mol. The number of sulfone groups is 1. The normalized spacial score (nSPS) is 11.4. The molecule has 0 aliphatic rings. The fourth-order valence-electron chi connectivity index (χ4n) is 2.64. The van der Waals surface area contributed by atoms with Gasteiger partial charge in [0.2, 0.25) is 11.8 Å². The van der Waals surface area contributed by atoms with Crippen molar-refractivity contribution >= 4 is 21.8 Å². The van der Waals surface area contributed by atoms with E-state index in [4.69, 9.17) is 4.42 Å². The number of aromatic nitrogens is 2. The Hall–Kier alpha value is -3.07. The van der Waals surface area contributed by atoms with E-state index in [1.807, 2.05) is 32.0 Å². The van der Waals surface area contributed by atoms with Crippen LogP contribution in [-0.4, -0.2) is 30.3 Å². The lowest BCUT2D eigenvalue weighted by Crippen LogP contribution is -2.23. The lowest BCUT2D eigenvalue weighted by molar-refractivity contribution is -0.114. The highest BCUT2D eigenvalue weighted by Crippen LogP contribution is 2.17. The first-order valence-electron chi connectivity index (χ1n) is 8.39. The molecule has 1 amide bonds. The molecule has 0 atom stereocenters. The van der Waals surface area contributed by atoms with Gasteiger partial charge in [-0.15, -0.1) is 5.10 Å². The van der Waals surface area contributed by atoms with Gasteiger partial charge >= 0.3 is 6.01 Å². The quantitative estimate of drug-likeness (QED) is 0.635. The maximum atomic E-state index is 12.9. The number of hydrogen-bond acceptors (Lipinski definition) is 6. The summed E-state index contributed by atoms with van der Waals surface area (Å²) in [5, 5.41) is 9.87. The standard InChI is InChI=1S/C19H18FN3O4S/c1-12-3-4-14(13(2)9-12)10-18-22-23-19(27-18)21-17(24)11-28(25,26)16-7-5-15(20)6-8-16/h3-9H,10-11H2,1-2H3,(H,21,23,24). The molecule has 2 aromatic carbocycles. The molecule has 0 radical (unpaired) electrons. The first-order valence-corrected chi connectivity index (χ1v) is 10.0. The molecule has 0 fully saturated rings. The van der Waals surface area contributed by atoms with Crippen LogP contribution in [0.2, 0.25) is 0 Å². The van der Waals surface area contributed by atoms with Gasteiger partial charge in [0.15, 0.2) is 9.84 Å². The van der Waals surface area contributed by atoms with E-state index in [1.165, 1.54) is 0 Å². The zero-order valence-electron chi connectivity index (χ0n) is 15.3. The maximum absolute atomic E-state index is 12.9. The number of nitrogens with zero attached hydrogens (tertiary/aromatic N) is 2. The molecular weight excluding hydrogens is 385 g/mol. The summed E-state index contributed by atoms with van der Waals surface area (Å²) in [6.45, 7) is 3.97. The van der Waals surface area contributed by atoms with Gasteiger partial charge < -0.3 is 4.42 Å². The van der Waals surface area contributed by atoms with Crippen LogP contribution in [-0.2, 0) is 21.1 Å². The van der Waals surface area contributed by atoms with Crippen LogP contribution in [0, 0.1) is 19.7 Å². The Labute approximate surface area is 161 Å². The van der Waals surface area contributed by atoms with E-state index in [2.05, 4.69) is 15.5 Å². The van der Waals surface area contributed by atoms with E-state index >= 15 is 0 Å². The molecule has 0 aliphatic carbocycles. The summed E-state index contributed by atoms with van der Waals surface area (Å²) in [7, 11) is -3.92. The van der Waals surface area contributed by atoms with Crippen LogP contribution in [0.15, 0.2) is 51.8 Å². The van der Waals surface area contributed by atoms with Gasteiger partial charge in [0.1, 0.15) is 11.6 Å². The molecule has 0 aliphatic heterocycles. The van der Waals surface area contributed by atoms with E-state index in [0.29, 0.717) is 12.3 Å². The Balaban J connectivity index is 1.64. The molecule has 28 heavy (non-hydrogen) atoms. The molecule has 0 saturated carbocycles. The smallest absolute Gasteiger partial charge is 0.322 e. The molecule has 3 aromatic rings. The second-order valence-corrected chi connectivity index (χ2v) is 8.36. The van der Waals surface area contributed by atoms with E-state index in [-0.39, 0.29) is 10.9 Å². The summed E-state index contributed by atoms with van der Waals surface area (Å²) in [5.41, 5.74) is 3.22. The number of benzene rings is 2. The maximum Gasteiger partial charge on any atom is 0.322 e. The monoisotopic (exact) mass is 403 g/mol. The largest absolute Gasteiger partial charge is 0.407 e. The number of nitrogens with one attached hydrogen (secondary N) is 1. The Bertz CT molecular complexity index is 1110. The van der Waals surface area contributed by atoms with Crippen molar-refractivity contribution in [2.24, 2.45) is 0 Å². The highest BCUT2D eigenvalue weighted by atomic mass is 32.2. The van der Waals surface area contributed by atoms with Crippen LogP contribution in [0.1, 0.15) is 22.6 Å². The predicted molar refractivity (Wildman–Crippen MR) is 100 cm³/mol. The van der Waals surface area contributed by atoms with Gasteiger partial charge in [-0.3, -0.25) is 10.1 Å². The van der Waals surface area contributed by atoms with E-state index in [9.17, 15) is 17.6 Å². The highest BCUT2D eigenvalue weighted by molar-refractivity contribution is 7.92. The van der Waals surface area contributed by atoms with Gasteiger partial charge in [-0.1, -0.05) is 28.9 Å². The van der Waals surface area contributed by atoms with Gasteiger partial charge in [0.05, 0.1) is 11.3 Å². The predicted octanol–water partition coefficient (Wildman–Crippen LogP) is 2.83. The molecule has 0 spiro atoms. The zero-order chi connectivity index (χ0) is 20.3. The van der Waals surface area contributed by atoms with Crippen LogP contribution >= 0.6 is 0 Å². The van der Waals surface area contributed by atoms with Crippen molar-refractivity contribution in [2.45, 2.75) is 25.2 Å². The zero-order valence-corrected chi connectivity index (χ0v) is 16.1. The second kappa shape index (κ2) is 7.89. The third-order valence-electron chi connectivity index (χ3n) is 4.05. The van der Waals surface area contributed by atoms with Crippen LogP contribution in [0.5, 0.6) is 0 Å². The summed E-state index contributed by atoms with van der Waals surface area (Å²) >= 11 is 0. The molecule has 1 aromatic heterocycles. The summed E-state index contributed by atoms with van der Waals surface area (Å²) in [4.78, 5) is 11.9. The number of rotatable bonds is 6. The minimum atomic E-state index is -3.92. The number of aryl methyl sites for hydroxylation is 2. The molecule has 0 saturated heterocycles. The lowest BCUT2D eigenvalue weighted by Gasteiger charge is -2.04. The number of amides is 1. The summed E-state index contributed by atoms with van der Waals surface area (Å²) in [6, 6.07) is 10.0. The van der Waals surface area contributed by atoms with Crippen LogP contribution in [0.4, 0.5) is 10.4 Å². The van der Waals surface area contributed by atoms with Crippen LogP contribution in [0.25, 0.3) is 0 Å². The lowest BCUT2D eigenvalue weighted by atomic mass is 10.0. The number of hydrogen-bond donors (Lipinski definition) is 1. The van der Waals surface area contributed by atoms with Crippen molar-refractivity contribution in [1.82, 2.24) is 10.2 Å². The molecule has 0 bridgehead atoms. The average Bonchev–Trinajstić information content (AvgIpc) is 3.04. The van der Waals surface area contributed by atoms with Crippen molar-refractivity contribution in [3.63, 3.8) is 0 Å². The van der Waals surface area contributed by atoms with Gasteiger partial charge in [-0.25, -0.2) is 12.8 Å². The van der Waals surface area contributed by atoms with Gasteiger partial charge in [-0.05, 0) is 49.2 Å². The van der Waals surface area contributed by atoms with E-state index < -0.39 is 27.3 Å². The second-order valence-electron chi connectivity index (χ2n) is 6.37. The summed E-state index contributed by atoms with van der Waals surface area (Å²) in [6.07, 6.45) is 0.392. The fourth-order valence-corrected chi connectivity index (χ4v) is 3.77. The third kappa shape index (κ3) is 4.80. The molecule has 3 rings (SSSR count). The summed E-state index contributed by atoms with van der Waals surface area (Å²) in [5.74, 6) is -1.92. The Morgan fingerprint density at radius 3 is 2.50 bits per heavy atom. The van der Waals surface area contributed by atoms with Crippen molar-refractivity contribution in [2.75, 3.05) is 11.1 Å². The fraction of sp³-hybridized carbons (Fsp3) is 0.211. The molecule has 1 heterocycles. The Morgan fingerprint density at radius 1 is 1.11 bits per heavy atom. The van der Waals surface area contributed by atoms with Gasteiger partial charge in [0, 0.05) is 0 Å². The van der Waals surface area contributed by atoms with E-state index in [1.54, 1.807) is 0 Å². The first-order chi connectivity index (χ1) is 13.2. The molecule has 146 valence electrons. The third-order valence-corrected chi connectivity index (χ3v) is 5.68. The van der Waals surface area contributed by atoms with Crippen LogP contribution in [0.3, 0.4) is 0 Å². The van der Waals surface area contributed by atoms with E-state index in [0.717, 1.165) is 41.0 Å². The van der Waals surface area contributed by atoms with Crippen LogP contribution < -0.4 is 5.32 Å². The molecule has 1 N–H and O–H groups in total. The first kappa shape index (κ1) is 19.7. The van der Waals surface area contributed by atoms with Gasteiger partial charge in [-0.2, -0.15) is 0 Å². The SMILES string of the molecule is Cc1ccc(Cc2nnc(NC(=O)CS(=O)(=O)c3ccc(F)cc3)o2)c(C)c1. The summed E-state index contributed by atoms with van der Waals surface area (Å²) < 4.78 is 42.7. The topological polar surface area (TPSA) is 102 Å². The highest BCUT2D eigenvalue weighted by Gasteiger charge is 2.21. The number of anilines is 1.